The molecule has 2 rings (SSSR count). The van der Waals surface area contributed by atoms with Gasteiger partial charge in [0.05, 0.1) is 5.52 Å². The molecule has 0 bridgehead atoms. The Bertz CT molecular complexity index is 426. The van der Waals surface area contributed by atoms with E-state index in [2.05, 4.69) is 9.97 Å². The summed E-state index contributed by atoms with van der Waals surface area (Å²) in [5, 5.41) is 10.1. The first-order chi connectivity index (χ1) is 5.77. The summed E-state index contributed by atoms with van der Waals surface area (Å²) in [5.74, 6) is 0.250. The summed E-state index contributed by atoms with van der Waals surface area (Å²) < 4.78 is 0. The minimum atomic E-state index is 0.250. The molecule has 0 aliphatic heterocycles. The highest BCUT2D eigenvalue weighted by Gasteiger charge is 1.98. The Labute approximate surface area is 69.7 Å². The lowest BCUT2D eigenvalue weighted by atomic mass is 10.2. The Morgan fingerprint density at radius 2 is 2.08 bits per heavy atom. The zero-order valence-electron chi connectivity index (χ0n) is 6.65. The smallest absolute Gasteiger partial charge is 0.116 e. The molecule has 1 aromatic carbocycles. The van der Waals surface area contributed by atoms with Crippen LogP contribution in [0.5, 0.6) is 5.75 Å². The molecule has 0 radical (unpaired) electrons. The van der Waals surface area contributed by atoms with Crippen LogP contribution in [0.4, 0.5) is 0 Å². The first-order valence-electron chi connectivity index (χ1n) is 3.68. The number of hydrogen-bond acceptors (Lipinski definition) is 3. The number of nitrogens with zero attached hydrogens (tertiary/aromatic N) is 2. The van der Waals surface area contributed by atoms with Crippen LogP contribution in [0, 0.1) is 6.92 Å². The van der Waals surface area contributed by atoms with Gasteiger partial charge in [-0.3, -0.25) is 0 Å². The van der Waals surface area contributed by atoms with Gasteiger partial charge in [-0.25, -0.2) is 9.97 Å². The standard InChI is InChI=1S/C9H8N2O/c1-6-8-4-7(12)2-3-9(8)11-5-10-6/h2-5,12H,1H3. The second-order valence-corrected chi connectivity index (χ2v) is 2.66. The van der Waals surface area contributed by atoms with Gasteiger partial charge in [0, 0.05) is 11.1 Å². The predicted molar refractivity (Wildman–Crippen MR) is 45.9 cm³/mol. The minimum absolute atomic E-state index is 0.250. The summed E-state index contributed by atoms with van der Waals surface area (Å²) in [7, 11) is 0. The van der Waals surface area contributed by atoms with E-state index in [1.807, 2.05) is 6.92 Å². The molecule has 0 spiro atoms. The second kappa shape index (κ2) is 2.44. The van der Waals surface area contributed by atoms with Crippen LogP contribution in [0.2, 0.25) is 0 Å². The summed E-state index contributed by atoms with van der Waals surface area (Å²) in [5.41, 5.74) is 1.75. The van der Waals surface area contributed by atoms with Crippen LogP contribution in [-0.4, -0.2) is 15.1 Å². The van der Waals surface area contributed by atoms with Crippen molar-refractivity contribution in [1.82, 2.24) is 9.97 Å². The van der Waals surface area contributed by atoms with E-state index in [0.29, 0.717) is 0 Å². The lowest BCUT2D eigenvalue weighted by Gasteiger charge is -1.99. The third-order valence-electron chi connectivity index (χ3n) is 1.82. The van der Waals surface area contributed by atoms with Gasteiger partial charge in [0.1, 0.15) is 12.1 Å². The highest BCUT2D eigenvalue weighted by Crippen LogP contribution is 2.19. The molecule has 0 saturated heterocycles. The molecular weight excluding hydrogens is 152 g/mol. The molecule has 0 amide bonds. The summed E-state index contributed by atoms with van der Waals surface area (Å²) >= 11 is 0. The van der Waals surface area contributed by atoms with Crippen molar-refractivity contribution in [2.45, 2.75) is 6.92 Å². The molecule has 0 atom stereocenters. The molecule has 1 aromatic heterocycles. The maximum absolute atomic E-state index is 9.20. The summed E-state index contributed by atoms with van der Waals surface area (Å²) in [6.45, 7) is 1.89. The molecule has 0 saturated carbocycles. The van der Waals surface area contributed by atoms with Gasteiger partial charge in [0.25, 0.3) is 0 Å². The van der Waals surface area contributed by atoms with Crippen LogP contribution in [-0.2, 0) is 0 Å². The minimum Gasteiger partial charge on any atom is -0.508 e. The molecule has 2 aromatic rings. The SMILES string of the molecule is Cc1ncnc2ccc(O)cc12. The summed E-state index contributed by atoms with van der Waals surface area (Å²) in [4.78, 5) is 8.09. The fraction of sp³-hybridized carbons (Fsp3) is 0.111. The number of benzene rings is 1. The summed E-state index contributed by atoms with van der Waals surface area (Å²) in [6, 6.07) is 5.07. The molecule has 0 aliphatic carbocycles. The van der Waals surface area contributed by atoms with Crippen LogP contribution < -0.4 is 0 Å². The molecule has 0 aliphatic rings. The average molecular weight is 160 g/mol. The van der Waals surface area contributed by atoms with Crippen LogP contribution in [0.25, 0.3) is 10.9 Å². The molecule has 3 nitrogen and oxygen atoms in total. The monoisotopic (exact) mass is 160 g/mol. The van der Waals surface area contributed by atoms with Crippen molar-refractivity contribution in [1.29, 1.82) is 0 Å². The van der Waals surface area contributed by atoms with Crippen LogP contribution in [0.3, 0.4) is 0 Å². The van der Waals surface area contributed by atoms with Crippen molar-refractivity contribution < 1.29 is 5.11 Å². The number of aryl methyl sites for hydroxylation is 1. The number of aromatic hydroxyl groups is 1. The van der Waals surface area contributed by atoms with E-state index < -0.39 is 0 Å². The second-order valence-electron chi connectivity index (χ2n) is 2.66. The van der Waals surface area contributed by atoms with Crippen molar-refractivity contribution >= 4 is 10.9 Å². The average Bonchev–Trinajstić information content (AvgIpc) is 2.07. The van der Waals surface area contributed by atoms with Crippen molar-refractivity contribution in [3.63, 3.8) is 0 Å². The topological polar surface area (TPSA) is 46.0 Å². The fourth-order valence-corrected chi connectivity index (χ4v) is 1.17. The van der Waals surface area contributed by atoms with E-state index in [9.17, 15) is 5.11 Å². The van der Waals surface area contributed by atoms with Crippen molar-refractivity contribution in [2.24, 2.45) is 0 Å². The number of aromatic nitrogens is 2. The lowest BCUT2D eigenvalue weighted by Crippen LogP contribution is -1.85. The van der Waals surface area contributed by atoms with E-state index in [0.717, 1.165) is 16.6 Å². The molecule has 0 unspecified atom stereocenters. The molecule has 12 heavy (non-hydrogen) atoms. The van der Waals surface area contributed by atoms with Gasteiger partial charge in [-0.15, -0.1) is 0 Å². The number of hydrogen-bond donors (Lipinski definition) is 1. The van der Waals surface area contributed by atoms with Crippen LogP contribution in [0.1, 0.15) is 5.69 Å². The maximum atomic E-state index is 9.20. The molecule has 0 fully saturated rings. The number of fused-ring (bicyclic) bond motifs is 1. The molecule has 3 heteroatoms. The van der Waals surface area contributed by atoms with E-state index in [4.69, 9.17) is 0 Å². The highest BCUT2D eigenvalue weighted by atomic mass is 16.3. The summed E-state index contributed by atoms with van der Waals surface area (Å²) in [6.07, 6.45) is 1.52. The predicted octanol–water partition coefficient (Wildman–Crippen LogP) is 1.64. The van der Waals surface area contributed by atoms with Gasteiger partial charge in [-0.05, 0) is 25.1 Å². The van der Waals surface area contributed by atoms with Gasteiger partial charge < -0.3 is 5.11 Å². The Morgan fingerprint density at radius 1 is 1.25 bits per heavy atom. The number of phenols is 1. The lowest BCUT2D eigenvalue weighted by molar-refractivity contribution is 0.476. The van der Waals surface area contributed by atoms with E-state index in [1.54, 1.807) is 18.2 Å². The van der Waals surface area contributed by atoms with Crippen molar-refractivity contribution in [3.8, 4) is 5.75 Å². The third-order valence-corrected chi connectivity index (χ3v) is 1.82. The Balaban J connectivity index is 2.88. The number of phenolic OH excluding ortho intramolecular Hbond substituents is 1. The zero-order chi connectivity index (χ0) is 8.55. The molecule has 1 N–H and O–H groups in total. The van der Waals surface area contributed by atoms with E-state index in [-0.39, 0.29) is 5.75 Å². The van der Waals surface area contributed by atoms with E-state index in [1.165, 1.54) is 6.33 Å². The Hall–Kier alpha value is -1.64. The first-order valence-corrected chi connectivity index (χ1v) is 3.68. The quantitative estimate of drug-likeness (QED) is 0.637. The molecule has 1 heterocycles. The van der Waals surface area contributed by atoms with Gasteiger partial charge in [-0.2, -0.15) is 0 Å². The maximum Gasteiger partial charge on any atom is 0.116 e. The first kappa shape index (κ1) is 7.03. The van der Waals surface area contributed by atoms with E-state index >= 15 is 0 Å². The van der Waals surface area contributed by atoms with Gasteiger partial charge >= 0.3 is 0 Å². The van der Waals surface area contributed by atoms with Crippen LogP contribution in [0.15, 0.2) is 24.5 Å². The van der Waals surface area contributed by atoms with Crippen molar-refractivity contribution in [3.05, 3.63) is 30.2 Å². The van der Waals surface area contributed by atoms with Crippen LogP contribution >= 0.6 is 0 Å². The normalized spacial score (nSPS) is 10.4. The fourth-order valence-electron chi connectivity index (χ4n) is 1.17. The molecule has 60 valence electrons. The number of rotatable bonds is 0. The zero-order valence-corrected chi connectivity index (χ0v) is 6.65. The van der Waals surface area contributed by atoms with Gasteiger partial charge in [-0.1, -0.05) is 0 Å². The highest BCUT2D eigenvalue weighted by molar-refractivity contribution is 5.81. The Kier molecular flexibility index (Phi) is 1.43. The third kappa shape index (κ3) is 0.993. The molecular formula is C9H8N2O. The van der Waals surface area contributed by atoms with Gasteiger partial charge in [0.2, 0.25) is 0 Å². The van der Waals surface area contributed by atoms with Crippen molar-refractivity contribution in [2.75, 3.05) is 0 Å². The largest absolute Gasteiger partial charge is 0.508 e. The Morgan fingerprint density at radius 3 is 2.92 bits per heavy atom. The van der Waals surface area contributed by atoms with Gasteiger partial charge in [0.15, 0.2) is 0 Å².